The second kappa shape index (κ2) is 7.39. The molecular formula is C23H24N2O2. The number of rotatable bonds is 4. The molecule has 0 spiro atoms. The molecule has 0 saturated carbocycles. The van der Waals surface area contributed by atoms with Crippen molar-refractivity contribution in [3.63, 3.8) is 0 Å². The van der Waals surface area contributed by atoms with Crippen LogP contribution < -0.4 is 10.6 Å². The van der Waals surface area contributed by atoms with E-state index in [1.165, 1.54) is 17.6 Å². The fourth-order valence-electron chi connectivity index (χ4n) is 3.80. The van der Waals surface area contributed by atoms with Crippen molar-refractivity contribution < 1.29 is 9.59 Å². The summed E-state index contributed by atoms with van der Waals surface area (Å²) in [6, 6.07) is 13.8. The minimum atomic E-state index is -0.0994. The van der Waals surface area contributed by atoms with E-state index in [9.17, 15) is 9.59 Å². The molecular weight excluding hydrogens is 336 g/mol. The number of carbonyl (C=O) groups is 2. The maximum Gasteiger partial charge on any atom is 0.251 e. The van der Waals surface area contributed by atoms with Crippen molar-refractivity contribution in [1.29, 1.82) is 0 Å². The number of allylic oxidation sites excluding steroid dienone is 2. The van der Waals surface area contributed by atoms with Gasteiger partial charge in [0, 0.05) is 17.7 Å². The second-order valence-corrected chi connectivity index (χ2v) is 7.36. The molecule has 2 amide bonds. The van der Waals surface area contributed by atoms with Crippen molar-refractivity contribution in [3.8, 4) is 0 Å². The van der Waals surface area contributed by atoms with Gasteiger partial charge < -0.3 is 10.6 Å². The number of carbonyl (C=O) groups excluding carboxylic acids is 2. The lowest BCUT2D eigenvalue weighted by Crippen LogP contribution is -2.27. The van der Waals surface area contributed by atoms with Crippen molar-refractivity contribution >= 4 is 23.1 Å². The van der Waals surface area contributed by atoms with Crippen LogP contribution in [0.1, 0.15) is 65.7 Å². The number of aryl methyl sites for hydroxylation is 1. The van der Waals surface area contributed by atoms with Gasteiger partial charge in [0.15, 0.2) is 0 Å². The predicted octanol–water partition coefficient (Wildman–Crippen LogP) is 4.63. The van der Waals surface area contributed by atoms with Gasteiger partial charge >= 0.3 is 0 Å². The summed E-state index contributed by atoms with van der Waals surface area (Å²) in [5.41, 5.74) is 6.33. The first-order valence-corrected chi connectivity index (χ1v) is 9.63. The van der Waals surface area contributed by atoms with Crippen molar-refractivity contribution in [2.75, 3.05) is 5.32 Å². The van der Waals surface area contributed by atoms with Crippen LogP contribution in [0.5, 0.6) is 0 Å². The quantitative estimate of drug-likeness (QED) is 0.835. The highest BCUT2D eigenvalue weighted by Crippen LogP contribution is 2.28. The first-order chi connectivity index (χ1) is 13.1. The third kappa shape index (κ3) is 3.80. The van der Waals surface area contributed by atoms with Crippen LogP contribution in [0.2, 0.25) is 0 Å². The number of benzene rings is 2. The maximum atomic E-state index is 12.6. The van der Waals surface area contributed by atoms with E-state index in [1.54, 1.807) is 0 Å². The van der Waals surface area contributed by atoms with Gasteiger partial charge in [0.2, 0.25) is 5.91 Å². The second-order valence-electron chi connectivity index (χ2n) is 7.36. The number of hydrogen-bond donors (Lipinski definition) is 2. The Morgan fingerprint density at radius 2 is 1.89 bits per heavy atom. The summed E-state index contributed by atoms with van der Waals surface area (Å²) in [7, 11) is 0. The molecule has 2 aromatic rings. The molecule has 0 bridgehead atoms. The van der Waals surface area contributed by atoms with E-state index in [1.807, 2.05) is 43.3 Å². The zero-order valence-corrected chi connectivity index (χ0v) is 15.5. The standard InChI is InChI=1S/C23H24N2O2/c1-15(19-10-12-21-20(14-19)11-13-22(26)25-21)24-23(27)18-8-6-17(7-9-18)16-4-2-3-5-16/h4,6-10,12,14-15H,2-3,5,11,13H2,1H3,(H,24,27)(H,25,26). The maximum absolute atomic E-state index is 12.6. The summed E-state index contributed by atoms with van der Waals surface area (Å²) in [6.07, 6.45) is 7.04. The molecule has 27 heavy (non-hydrogen) atoms. The smallest absolute Gasteiger partial charge is 0.251 e. The summed E-state index contributed by atoms with van der Waals surface area (Å²) >= 11 is 0. The molecule has 0 saturated heterocycles. The normalized spacial score (nSPS) is 16.9. The highest BCUT2D eigenvalue weighted by molar-refractivity contribution is 5.95. The van der Waals surface area contributed by atoms with Gasteiger partial charge in [-0.1, -0.05) is 30.3 Å². The topological polar surface area (TPSA) is 58.2 Å². The fraction of sp³-hybridized carbons (Fsp3) is 0.304. The number of hydrogen-bond acceptors (Lipinski definition) is 2. The highest BCUT2D eigenvalue weighted by atomic mass is 16.2. The predicted molar refractivity (Wildman–Crippen MR) is 108 cm³/mol. The molecule has 1 heterocycles. The van der Waals surface area contributed by atoms with Crippen LogP contribution in [0.3, 0.4) is 0 Å². The SMILES string of the molecule is CC(NC(=O)c1ccc(C2=CCCC2)cc1)c1ccc2c(c1)CCC(=O)N2. The Morgan fingerprint density at radius 1 is 1.07 bits per heavy atom. The molecule has 2 aromatic carbocycles. The third-order valence-corrected chi connectivity index (χ3v) is 5.43. The molecule has 1 aliphatic heterocycles. The van der Waals surface area contributed by atoms with Crippen LogP contribution >= 0.6 is 0 Å². The van der Waals surface area contributed by atoms with Gasteiger partial charge in [0.1, 0.15) is 0 Å². The molecule has 2 aliphatic rings. The largest absolute Gasteiger partial charge is 0.346 e. The number of anilines is 1. The first kappa shape index (κ1) is 17.5. The lowest BCUT2D eigenvalue weighted by atomic mass is 9.97. The van der Waals surface area contributed by atoms with Crippen LogP contribution in [-0.4, -0.2) is 11.8 Å². The van der Waals surface area contributed by atoms with Crippen LogP contribution in [0.15, 0.2) is 48.5 Å². The van der Waals surface area contributed by atoms with Gasteiger partial charge in [0.05, 0.1) is 6.04 Å². The highest BCUT2D eigenvalue weighted by Gasteiger charge is 2.18. The number of nitrogens with one attached hydrogen (secondary N) is 2. The van der Waals surface area contributed by atoms with Crippen molar-refractivity contribution in [2.24, 2.45) is 0 Å². The van der Waals surface area contributed by atoms with E-state index in [0.29, 0.717) is 12.0 Å². The molecule has 4 heteroatoms. The molecule has 138 valence electrons. The molecule has 0 radical (unpaired) electrons. The Kier molecular flexibility index (Phi) is 4.80. The Bertz CT molecular complexity index is 912. The summed E-state index contributed by atoms with van der Waals surface area (Å²) in [4.78, 5) is 24.1. The Balaban J connectivity index is 1.44. The minimum Gasteiger partial charge on any atom is -0.346 e. The molecule has 0 fully saturated rings. The van der Waals surface area contributed by atoms with Crippen molar-refractivity contribution in [3.05, 3.63) is 70.8 Å². The van der Waals surface area contributed by atoms with Crippen molar-refractivity contribution in [1.82, 2.24) is 5.32 Å². The lowest BCUT2D eigenvalue weighted by Gasteiger charge is -2.20. The fourth-order valence-corrected chi connectivity index (χ4v) is 3.80. The van der Waals surface area contributed by atoms with E-state index in [4.69, 9.17) is 0 Å². The van der Waals surface area contributed by atoms with Gasteiger partial charge in [-0.15, -0.1) is 0 Å². The Hall–Kier alpha value is -2.88. The zero-order valence-electron chi connectivity index (χ0n) is 15.5. The van der Waals surface area contributed by atoms with Crippen molar-refractivity contribution in [2.45, 2.75) is 45.1 Å². The van der Waals surface area contributed by atoms with E-state index >= 15 is 0 Å². The van der Waals surface area contributed by atoms with E-state index < -0.39 is 0 Å². The molecule has 4 rings (SSSR count). The van der Waals surface area contributed by atoms with E-state index in [-0.39, 0.29) is 17.9 Å². The molecule has 1 unspecified atom stereocenters. The number of amides is 2. The number of fused-ring (bicyclic) bond motifs is 1. The monoisotopic (exact) mass is 360 g/mol. The summed E-state index contributed by atoms with van der Waals surface area (Å²) in [5, 5.41) is 5.97. The van der Waals surface area contributed by atoms with E-state index in [2.05, 4.69) is 22.8 Å². The van der Waals surface area contributed by atoms with Gasteiger partial charge in [-0.3, -0.25) is 9.59 Å². The summed E-state index contributed by atoms with van der Waals surface area (Å²) < 4.78 is 0. The van der Waals surface area contributed by atoms with Gasteiger partial charge in [-0.2, -0.15) is 0 Å². The molecule has 2 N–H and O–H groups in total. The average molecular weight is 360 g/mol. The lowest BCUT2D eigenvalue weighted by molar-refractivity contribution is -0.116. The van der Waals surface area contributed by atoms with E-state index in [0.717, 1.165) is 36.1 Å². The first-order valence-electron chi connectivity index (χ1n) is 9.63. The molecule has 1 atom stereocenters. The molecule has 4 nitrogen and oxygen atoms in total. The Labute approximate surface area is 159 Å². The molecule has 1 aliphatic carbocycles. The molecule has 0 aromatic heterocycles. The van der Waals surface area contributed by atoms with Crippen LogP contribution in [0.25, 0.3) is 5.57 Å². The van der Waals surface area contributed by atoms with Gasteiger partial charge in [-0.05, 0) is 73.1 Å². The minimum absolute atomic E-state index is 0.0633. The van der Waals surface area contributed by atoms with Crippen LogP contribution in [0, 0.1) is 0 Å². The average Bonchev–Trinajstić information content (AvgIpc) is 3.22. The Morgan fingerprint density at radius 3 is 2.63 bits per heavy atom. The van der Waals surface area contributed by atoms with Crippen LogP contribution in [0.4, 0.5) is 5.69 Å². The zero-order chi connectivity index (χ0) is 18.8. The third-order valence-electron chi connectivity index (χ3n) is 5.43. The summed E-state index contributed by atoms with van der Waals surface area (Å²) in [5.74, 6) is -0.00566. The van der Waals surface area contributed by atoms with Gasteiger partial charge in [0.25, 0.3) is 5.91 Å². The van der Waals surface area contributed by atoms with Gasteiger partial charge in [-0.25, -0.2) is 0 Å². The van der Waals surface area contributed by atoms with Crippen LogP contribution in [-0.2, 0) is 11.2 Å². The summed E-state index contributed by atoms with van der Waals surface area (Å²) in [6.45, 7) is 1.98.